The molecule has 3 rings (SSSR count). The van der Waals surface area contributed by atoms with Crippen LogP contribution in [-0.4, -0.2) is 22.0 Å². The molecule has 0 radical (unpaired) electrons. The minimum Gasteiger partial charge on any atom is -0.345 e. The maximum Gasteiger partial charge on any atom is 0.416 e. The quantitative estimate of drug-likeness (QED) is 0.456. The SMILES string of the molecule is C=CCN(Cc1cccn1Cc1cccc(C(F)(F)F)c1)C(=O)Nc1cccc(C)c1. The van der Waals surface area contributed by atoms with E-state index in [4.69, 9.17) is 0 Å². The molecule has 0 atom stereocenters. The van der Waals surface area contributed by atoms with E-state index in [2.05, 4.69) is 11.9 Å². The number of aromatic nitrogens is 1. The van der Waals surface area contributed by atoms with Crippen molar-refractivity contribution in [2.45, 2.75) is 26.2 Å². The van der Waals surface area contributed by atoms with E-state index in [-0.39, 0.29) is 19.1 Å². The number of hydrogen-bond donors (Lipinski definition) is 1. The lowest BCUT2D eigenvalue weighted by Gasteiger charge is -2.23. The molecule has 0 aliphatic heterocycles. The monoisotopic (exact) mass is 427 g/mol. The molecule has 2 amide bonds. The van der Waals surface area contributed by atoms with Crippen LogP contribution in [0.5, 0.6) is 0 Å². The Morgan fingerprint density at radius 1 is 1.13 bits per heavy atom. The van der Waals surface area contributed by atoms with E-state index in [1.807, 2.05) is 47.9 Å². The highest BCUT2D eigenvalue weighted by Gasteiger charge is 2.30. The summed E-state index contributed by atoms with van der Waals surface area (Å²) in [4.78, 5) is 14.4. The van der Waals surface area contributed by atoms with Gasteiger partial charge in [-0.05, 0) is 54.4 Å². The van der Waals surface area contributed by atoms with E-state index in [9.17, 15) is 18.0 Å². The first kappa shape index (κ1) is 22.2. The van der Waals surface area contributed by atoms with Crippen LogP contribution in [0, 0.1) is 6.92 Å². The zero-order chi connectivity index (χ0) is 22.4. The number of carbonyl (C=O) groups is 1. The molecule has 1 heterocycles. The molecule has 1 N–H and O–H groups in total. The van der Waals surface area contributed by atoms with Gasteiger partial charge in [-0.15, -0.1) is 6.58 Å². The lowest BCUT2D eigenvalue weighted by molar-refractivity contribution is -0.137. The smallest absolute Gasteiger partial charge is 0.345 e. The Kier molecular flexibility index (Phi) is 6.84. The van der Waals surface area contributed by atoms with Gasteiger partial charge in [0.05, 0.1) is 12.1 Å². The van der Waals surface area contributed by atoms with Gasteiger partial charge < -0.3 is 14.8 Å². The average Bonchev–Trinajstić information content (AvgIpc) is 3.14. The second kappa shape index (κ2) is 9.55. The van der Waals surface area contributed by atoms with E-state index < -0.39 is 11.7 Å². The fourth-order valence-electron chi connectivity index (χ4n) is 3.29. The van der Waals surface area contributed by atoms with Crippen LogP contribution in [0.25, 0.3) is 0 Å². The number of nitrogens with one attached hydrogen (secondary N) is 1. The lowest BCUT2D eigenvalue weighted by Crippen LogP contribution is -2.35. The Bertz CT molecular complexity index is 1060. The largest absolute Gasteiger partial charge is 0.416 e. The summed E-state index contributed by atoms with van der Waals surface area (Å²) >= 11 is 0. The van der Waals surface area contributed by atoms with Gasteiger partial charge in [-0.3, -0.25) is 0 Å². The first-order chi connectivity index (χ1) is 14.8. The van der Waals surface area contributed by atoms with Crippen molar-refractivity contribution < 1.29 is 18.0 Å². The van der Waals surface area contributed by atoms with Crippen molar-refractivity contribution in [1.29, 1.82) is 0 Å². The van der Waals surface area contributed by atoms with Crippen molar-refractivity contribution >= 4 is 11.7 Å². The van der Waals surface area contributed by atoms with E-state index in [0.29, 0.717) is 17.8 Å². The standard InChI is InChI=1S/C24H24F3N3O/c1-3-12-30(23(31)28-21-10-4-7-18(2)14-21)17-22-11-6-13-29(22)16-19-8-5-9-20(15-19)24(25,26)27/h3-11,13-15H,1,12,16-17H2,2H3,(H,28,31). The number of anilines is 1. The second-order valence-electron chi connectivity index (χ2n) is 7.29. The highest BCUT2D eigenvalue weighted by atomic mass is 19.4. The van der Waals surface area contributed by atoms with Gasteiger partial charge in [0, 0.05) is 30.7 Å². The molecule has 0 bridgehead atoms. The number of urea groups is 1. The molecular weight excluding hydrogens is 403 g/mol. The molecule has 0 fully saturated rings. The molecule has 3 aromatic rings. The number of nitrogens with zero attached hydrogens (tertiary/aromatic N) is 2. The fraction of sp³-hybridized carbons (Fsp3) is 0.208. The molecule has 1 aromatic heterocycles. The lowest BCUT2D eigenvalue weighted by atomic mass is 10.1. The van der Waals surface area contributed by atoms with E-state index >= 15 is 0 Å². The number of carbonyl (C=O) groups excluding carboxylic acids is 1. The number of amides is 2. The van der Waals surface area contributed by atoms with Gasteiger partial charge in [-0.2, -0.15) is 13.2 Å². The van der Waals surface area contributed by atoms with Crippen molar-refractivity contribution in [3.8, 4) is 0 Å². The molecule has 162 valence electrons. The summed E-state index contributed by atoms with van der Waals surface area (Å²) in [5.41, 5.74) is 2.39. The Labute approximate surface area is 179 Å². The Hall–Kier alpha value is -3.48. The molecule has 31 heavy (non-hydrogen) atoms. The molecule has 4 nitrogen and oxygen atoms in total. The second-order valence-corrected chi connectivity index (χ2v) is 7.29. The van der Waals surface area contributed by atoms with Crippen LogP contribution in [0.4, 0.5) is 23.7 Å². The van der Waals surface area contributed by atoms with Crippen LogP contribution >= 0.6 is 0 Å². The van der Waals surface area contributed by atoms with Gasteiger partial charge in [0.25, 0.3) is 0 Å². The van der Waals surface area contributed by atoms with Crippen molar-refractivity contribution in [3.05, 3.63) is 102 Å². The third-order valence-electron chi connectivity index (χ3n) is 4.79. The summed E-state index contributed by atoms with van der Waals surface area (Å²) in [7, 11) is 0. The van der Waals surface area contributed by atoms with Crippen LogP contribution < -0.4 is 5.32 Å². The van der Waals surface area contributed by atoms with Gasteiger partial charge in [0.2, 0.25) is 0 Å². The highest BCUT2D eigenvalue weighted by molar-refractivity contribution is 5.89. The molecule has 0 unspecified atom stereocenters. The molecular formula is C24H24F3N3O. The van der Waals surface area contributed by atoms with Crippen LogP contribution in [-0.2, 0) is 19.3 Å². The summed E-state index contributed by atoms with van der Waals surface area (Å²) in [5.74, 6) is 0. The first-order valence-corrected chi connectivity index (χ1v) is 9.80. The summed E-state index contributed by atoms with van der Waals surface area (Å²) in [6, 6.07) is 16.1. The maximum absolute atomic E-state index is 13.0. The highest BCUT2D eigenvalue weighted by Crippen LogP contribution is 2.29. The number of halogens is 3. The number of rotatable bonds is 7. The molecule has 0 aliphatic rings. The Morgan fingerprint density at radius 3 is 2.61 bits per heavy atom. The molecule has 0 aliphatic carbocycles. The molecule has 2 aromatic carbocycles. The van der Waals surface area contributed by atoms with E-state index in [1.54, 1.807) is 23.2 Å². The van der Waals surface area contributed by atoms with Gasteiger partial charge in [-0.1, -0.05) is 30.3 Å². The average molecular weight is 427 g/mol. The predicted octanol–water partition coefficient (Wildman–Crippen LogP) is 6.08. The van der Waals surface area contributed by atoms with Crippen molar-refractivity contribution in [2.24, 2.45) is 0 Å². The molecule has 0 spiro atoms. The van der Waals surface area contributed by atoms with Crippen molar-refractivity contribution in [2.75, 3.05) is 11.9 Å². The summed E-state index contributed by atoms with van der Waals surface area (Å²) in [6.45, 7) is 6.55. The maximum atomic E-state index is 13.0. The molecule has 0 saturated heterocycles. The van der Waals surface area contributed by atoms with Crippen LogP contribution in [0.15, 0.2) is 79.5 Å². The third kappa shape index (κ3) is 6.01. The summed E-state index contributed by atoms with van der Waals surface area (Å²) in [6.07, 6.45) is -0.958. The number of hydrogen-bond acceptors (Lipinski definition) is 1. The Balaban J connectivity index is 1.75. The van der Waals surface area contributed by atoms with E-state index in [0.717, 1.165) is 23.4 Å². The van der Waals surface area contributed by atoms with Crippen LogP contribution in [0.1, 0.15) is 22.4 Å². The fourth-order valence-corrected chi connectivity index (χ4v) is 3.29. The van der Waals surface area contributed by atoms with Gasteiger partial charge in [0.15, 0.2) is 0 Å². The topological polar surface area (TPSA) is 37.3 Å². The first-order valence-electron chi connectivity index (χ1n) is 9.80. The zero-order valence-electron chi connectivity index (χ0n) is 17.2. The normalized spacial score (nSPS) is 11.2. The van der Waals surface area contributed by atoms with Crippen molar-refractivity contribution in [1.82, 2.24) is 9.47 Å². The molecule has 0 saturated carbocycles. The Morgan fingerprint density at radius 2 is 1.90 bits per heavy atom. The minimum absolute atomic E-state index is 0.272. The summed E-state index contributed by atoms with van der Waals surface area (Å²) < 4.78 is 40.9. The van der Waals surface area contributed by atoms with Gasteiger partial charge >= 0.3 is 12.2 Å². The van der Waals surface area contributed by atoms with Crippen LogP contribution in [0.3, 0.4) is 0 Å². The van der Waals surface area contributed by atoms with Crippen molar-refractivity contribution in [3.63, 3.8) is 0 Å². The molecule has 7 heteroatoms. The van der Waals surface area contributed by atoms with Crippen LogP contribution in [0.2, 0.25) is 0 Å². The van der Waals surface area contributed by atoms with Gasteiger partial charge in [-0.25, -0.2) is 4.79 Å². The minimum atomic E-state index is -4.38. The predicted molar refractivity (Wildman–Crippen MR) is 116 cm³/mol. The number of benzene rings is 2. The van der Waals surface area contributed by atoms with Gasteiger partial charge in [0.1, 0.15) is 0 Å². The van der Waals surface area contributed by atoms with E-state index in [1.165, 1.54) is 6.07 Å². The summed E-state index contributed by atoms with van der Waals surface area (Å²) in [5, 5.41) is 2.88. The number of alkyl halides is 3. The number of aryl methyl sites for hydroxylation is 1. The third-order valence-corrected chi connectivity index (χ3v) is 4.79. The zero-order valence-corrected chi connectivity index (χ0v) is 17.2.